The summed E-state index contributed by atoms with van der Waals surface area (Å²) in [5.41, 5.74) is 4.36. The molecule has 1 aliphatic carbocycles. The van der Waals surface area contributed by atoms with Crippen LogP contribution < -0.4 is 10.6 Å². The van der Waals surface area contributed by atoms with Gasteiger partial charge in [0.2, 0.25) is 0 Å². The Morgan fingerprint density at radius 3 is 2.92 bits per heavy atom. The number of nitrogens with one attached hydrogen (secondary N) is 3. The van der Waals surface area contributed by atoms with Crippen molar-refractivity contribution < 1.29 is 9.59 Å². The molecule has 0 saturated carbocycles. The fourth-order valence-corrected chi connectivity index (χ4v) is 3.04. The van der Waals surface area contributed by atoms with Crippen molar-refractivity contribution in [2.75, 3.05) is 5.32 Å². The quantitative estimate of drug-likeness (QED) is 0.807. The van der Waals surface area contributed by atoms with Gasteiger partial charge in [0, 0.05) is 35.8 Å². The highest BCUT2D eigenvalue weighted by molar-refractivity contribution is 6.00. The largest absolute Gasteiger partial charge is 0.335 e. The lowest BCUT2D eigenvalue weighted by Crippen LogP contribution is -2.37. The first-order valence-electron chi connectivity index (χ1n) is 8.26. The summed E-state index contributed by atoms with van der Waals surface area (Å²) < 4.78 is 0. The number of aryl methyl sites for hydroxylation is 2. The molecule has 1 aromatic heterocycles. The van der Waals surface area contributed by atoms with E-state index in [0.717, 1.165) is 35.4 Å². The van der Waals surface area contributed by atoms with E-state index in [4.69, 9.17) is 0 Å². The fraction of sp³-hybridized carbons (Fsp3) is 0.389. The standard InChI is InChI=1S/C18H22N4O2/c1-11(8-15-9-12(2)21-22-15)19-18(24)20-14-7-6-13-4-3-5-17(23)16(13)10-14/h6-7,9-11H,3-5,8H2,1-2H3,(H,21,22)(H2,19,20,24)/t11-/m1/s1. The highest BCUT2D eigenvalue weighted by atomic mass is 16.2. The molecular formula is C18H22N4O2. The lowest BCUT2D eigenvalue weighted by molar-refractivity contribution is 0.0972. The van der Waals surface area contributed by atoms with Crippen molar-refractivity contribution in [3.63, 3.8) is 0 Å². The van der Waals surface area contributed by atoms with E-state index in [1.165, 1.54) is 0 Å². The minimum atomic E-state index is -0.280. The normalized spacial score (nSPS) is 14.8. The summed E-state index contributed by atoms with van der Waals surface area (Å²) in [5.74, 6) is 0.155. The molecule has 3 N–H and O–H groups in total. The molecule has 0 spiro atoms. The van der Waals surface area contributed by atoms with Gasteiger partial charge < -0.3 is 10.6 Å². The lowest BCUT2D eigenvalue weighted by atomic mass is 9.90. The summed E-state index contributed by atoms with van der Waals surface area (Å²) in [5, 5.41) is 12.8. The minimum absolute atomic E-state index is 0.0491. The zero-order valence-corrected chi connectivity index (χ0v) is 14.0. The molecule has 0 bridgehead atoms. The number of aromatic amines is 1. The molecule has 2 aromatic rings. The van der Waals surface area contributed by atoms with E-state index in [-0.39, 0.29) is 17.9 Å². The molecule has 2 amide bonds. The molecule has 6 nitrogen and oxygen atoms in total. The lowest BCUT2D eigenvalue weighted by Gasteiger charge is -2.17. The third-order valence-electron chi connectivity index (χ3n) is 4.17. The zero-order chi connectivity index (χ0) is 17.1. The molecule has 1 atom stereocenters. The van der Waals surface area contributed by atoms with Crippen molar-refractivity contribution >= 4 is 17.5 Å². The maximum Gasteiger partial charge on any atom is 0.319 e. The molecule has 0 unspecified atom stereocenters. The van der Waals surface area contributed by atoms with Gasteiger partial charge in [0.25, 0.3) is 0 Å². The highest BCUT2D eigenvalue weighted by Gasteiger charge is 2.18. The average Bonchev–Trinajstić information content (AvgIpc) is 2.92. The van der Waals surface area contributed by atoms with Crippen LogP contribution in [0.4, 0.5) is 10.5 Å². The van der Waals surface area contributed by atoms with Crippen LogP contribution in [0.15, 0.2) is 24.3 Å². The Balaban J connectivity index is 1.58. The van der Waals surface area contributed by atoms with Gasteiger partial charge in [0.15, 0.2) is 5.78 Å². The first-order chi connectivity index (χ1) is 11.5. The van der Waals surface area contributed by atoms with Crippen LogP contribution in [-0.2, 0) is 12.8 Å². The number of rotatable bonds is 4. The predicted octanol–water partition coefficient (Wildman–Crippen LogP) is 2.99. The fourth-order valence-electron chi connectivity index (χ4n) is 3.04. The van der Waals surface area contributed by atoms with Crippen LogP contribution >= 0.6 is 0 Å². The Morgan fingerprint density at radius 2 is 2.17 bits per heavy atom. The van der Waals surface area contributed by atoms with Crippen LogP contribution in [0.2, 0.25) is 0 Å². The van der Waals surface area contributed by atoms with Crippen molar-refractivity contribution in [1.29, 1.82) is 0 Å². The smallest absolute Gasteiger partial charge is 0.319 e. The van der Waals surface area contributed by atoms with Crippen molar-refractivity contribution in [2.45, 2.75) is 45.6 Å². The molecule has 0 radical (unpaired) electrons. The Hall–Kier alpha value is -2.63. The number of hydrogen-bond acceptors (Lipinski definition) is 3. The molecule has 24 heavy (non-hydrogen) atoms. The topological polar surface area (TPSA) is 86.9 Å². The second kappa shape index (κ2) is 6.86. The Morgan fingerprint density at radius 1 is 1.33 bits per heavy atom. The van der Waals surface area contributed by atoms with E-state index in [9.17, 15) is 9.59 Å². The summed E-state index contributed by atoms with van der Waals surface area (Å²) in [6.07, 6.45) is 3.07. The molecule has 6 heteroatoms. The molecular weight excluding hydrogens is 304 g/mol. The number of aromatic nitrogens is 2. The van der Waals surface area contributed by atoms with Gasteiger partial charge in [-0.1, -0.05) is 6.07 Å². The summed E-state index contributed by atoms with van der Waals surface area (Å²) in [6, 6.07) is 7.19. The van der Waals surface area contributed by atoms with Crippen LogP contribution in [0.25, 0.3) is 0 Å². The molecule has 3 rings (SSSR count). The van der Waals surface area contributed by atoms with Gasteiger partial charge in [-0.2, -0.15) is 5.10 Å². The molecule has 1 aromatic carbocycles. The van der Waals surface area contributed by atoms with Gasteiger partial charge in [-0.25, -0.2) is 4.79 Å². The van der Waals surface area contributed by atoms with Gasteiger partial charge in [-0.05, 0) is 50.5 Å². The van der Waals surface area contributed by atoms with E-state index < -0.39 is 0 Å². The number of H-pyrrole nitrogens is 1. The third-order valence-corrected chi connectivity index (χ3v) is 4.17. The van der Waals surface area contributed by atoms with E-state index in [1.54, 1.807) is 6.07 Å². The number of nitrogens with zero attached hydrogens (tertiary/aromatic N) is 1. The average molecular weight is 326 g/mol. The maximum absolute atomic E-state index is 12.1. The zero-order valence-electron chi connectivity index (χ0n) is 14.0. The van der Waals surface area contributed by atoms with E-state index in [0.29, 0.717) is 18.5 Å². The van der Waals surface area contributed by atoms with Crippen molar-refractivity contribution in [3.8, 4) is 0 Å². The number of carbonyl (C=O) groups is 2. The monoisotopic (exact) mass is 326 g/mol. The summed E-state index contributed by atoms with van der Waals surface area (Å²) in [4.78, 5) is 24.1. The van der Waals surface area contributed by atoms with E-state index in [1.807, 2.05) is 32.0 Å². The second-order valence-corrected chi connectivity index (χ2v) is 6.39. The van der Waals surface area contributed by atoms with E-state index >= 15 is 0 Å². The summed E-state index contributed by atoms with van der Waals surface area (Å²) in [7, 11) is 0. The number of fused-ring (bicyclic) bond motifs is 1. The van der Waals surface area contributed by atoms with Crippen molar-refractivity contribution in [2.24, 2.45) is 0 Å². The number of anilines is 1. The Kier molecular flexibility index (Phi) is 4.64. The Labute approximate surface area is 141 Å². The van der Waals surface area contributed by atoms with Crippen LogP contribution in [0.5, 0.6) is 0 Å². The molecule has 0 aliphatic heterocycles. The number of carbonyl (C=O) groups excluding carboxylic acids is 2. The number of benzene rings is 1. The second-order valence-electron chi connectivity index (χ2n) is 6.39. The first kappa shape index (κ1) is 16.2. The van der Waals surface area contributed by atoms with Gasteiger partial charge >= 0.3 is 6.03 Å². The molecule has 1 heterocycles. The molecule has 0 saturated heterocycles. The van der Waals surface area contributed by atoms with Gasteiger partial charge in [0.1, 0.15) is 0 Å². The van der Waals surface area contributed by atoms with Gasteiger partial charge in [0.05, 0.1) is 5.69 Å². The molecule has 126 valence electrons. The number of ketones is 1. The number of Topliss-reactive ketones (excluding diaryl/α,β-unsaturated/α-hetero) is 1. The Bertz CT molecular complexity index is 766. The SMILES string of the molecule is Cc1cc(C[C@@H](C)NC(=O)Nc2ccc3c(c2)C(=O)CCC3)n[nH]1. The number of amides is 2. The molecule has 0 fully saturated rings. The highest BCUT2D eigenvalue weighted by Crippen LogP contribution is 2.24. The predicted molar refractivity (Wildman–Crippen MR) is 92.4 cm³/mol. The van der Waals surface area contributed by atoms with Gasteiger partial charge in [-0.3, -0.25) is 9.89 Å². The summed E-state index contributed by atoms with van der Waals surface area (Å²) in [6.45, 7) is 3.87. The number of urea groups is 1. The van der Waals surface area contributed by atoms with Crippen LogP contribution in [0.1, 0.15) is 47.1 Å². The minimum Gasteiger partial charge on any atom is -0.335 e. The van der Waals surface area contributed by atoms with Gasteiger partial charge in [-0.15, -0.1) is 0 Å². The summed E-state index contributed by atoms with van der Waals surface area (Å²) >= 11 is 0. The first-order valence-corrected chi connectivity index (χ1v) is 8.26. The van der Waals surface area contributed by atoms with Crippen LogP contribution in [0.3, 0.4) is 0 Å². The van der Waals surface area contributed by atoms with Crippen molar-refractivity contribution in [3.05, 3.63) is 46.8 Å². The van der Waals surface area contributed by atoms with Crippen LogP contribution in [0, 0.1) is 6.92 Å². The third kappa shape index (κ3) is 3.82. The number of hydrogen-bond donors (Lipinski definition) is 3. The van der Waals surface area contributed by atoms with E-state index in [2.05, 4.69) is 20.8 Å². The van der Waals surface area contributed by atoms with Crippen LogP contribution in [-0.4, -0.2) is 28.1 Å². The van der Waals surface area contributed by atoms with Crippen molar-refractivity contribution in [1.82, 2.24) is 15.5 Å². The molecule has 1 aliphatic rings. The maximum atomic E-state index is 12.1.